The number of hydrogen-bond acceptors (Lipinski definition) is 5. The van der Waals surface area contributed by atoms with Gasteiger partial charge in [-0.25, -0.2) is 4.98 Å². The van der Waals surface area contributed by atoms with E-state index in [1.807, 2.05) is 71.7 Å². The van der Waals surface area contributed by atoms with Gasteiger partial charge >= 0.3 is 0 Å². The Kier molecular flexibility index (Phi) is 5.27. The number of amidine groups is 1. The van der Waals surface area contributed by atoms with Crippen LogP contribution in [0.5, 0.6) is 0 Å². The molecule has 0 spiro atoms. The van der Waals surface area contributed by atoms with Gasteiger partial charge in [0.05, 0.1) is 10.6 Å². The summed E-state index contributed by atoms with van der Waals surface area (Å²) in [4.78, 5) is 24.4. The predicted octanol–water partition coefficient (Wildman–Crippen LogP) is 4.94. The van der Waals surface area contributed by atoms with Gasteiger partial charge in [0.15, 0.2) is 5.17 Å². The van der Waals surface area contributed by atoms with Gasteiger partial charge in [-0.15, -0.1) is 17.9 Å². The number of thioether (sulfide) groups is 1. The zero-order chi connectivity index (χ0) is 19.5. The number of rotatable bonds is 5. The summed E-state index contributed by atoms with van der Waals surface area (Å²) in [7, 11) is 1.95. The second-order valence-corrected chi connectivity index (χ2v) is 7.98. The van der Waals surface area contributed by atoms with Crippen LogP contribution in [0.2, 0.25) is 0 Å². The minimum atomic E-state index is -0.0651. The van der Waals surface area contributed by atoms with Gasteiger partial charge in [0, 0.05) is 36.4 Å². The molecule has 0 radical (unpaired) electrons. The van der Waals surface area contributed by atoms with Crippen molar-refractivity contribution in [3.8, 4) is 11.3 Å². The van der Waals surface area contributed by atoms with E-state index >= 15 is 0 Å². The monoisotopic (exact) mass is 406 g/mol. The number of carbonyl (C=O) groups is 1. The molecule has 1 saturated heterocycles. The van der Waals surface area contributed by atoms with E-state index in [1.54, 1.807) is 11.0 Å². The molecule has 0 bridgehead atoms. The van der Waals surface area contributed by atoms with E-state index in [2.05, 4.69) is 16.6 Å². The van der Waals surface area contributed by atoms with Crippen molar-refractivity contribution < 1.29 is 4.79 Å². The Morgan fingerprint density at radius 3 is 2.75 bits per heavy atom. The highest BCUT2D eigenvalue weighted by Gasteiger charge is 2.33. The average Bonchev–Trinajstić information content (AvgIpc) is 3.40. The zero-order valence-electron chi connectivity index (χ0n) is 15.3. The molecule has 0 unspecified atom stereocenters. The number of thiazole rings is 1. The number of benzene rings is 1. The van der Waals surface area contributed by atoms with E-state index in [9.17, 15) is 4.79 Å². The number of aromatic nitrogens is 2. The average molecular weight is 407 g/mol. The van der Waals surface area contributed by atoms with Crippen LogP contribution in [0.4, 0.5) is 5.13 Å². The standard InChI is InChI=1S/C21H18N4OS2/c1-3-11-25-19(26)18(13-16-10-7-12-24(16)2)28-21(25)23-20-22-17(14-27-20)15-8-5-4-6-9-15/h3-10,12-14H,1,11H2,2H3/b18-13+,23-21+. The summed E-state index contributed by atoms with van der Waals surface area (Å²) in [5.74, 6) is -0.0651. The Bertz CT molecular complexity index is 1080. The maximum atomic E-state index is 12.8. The van der Waals surface area contributed by atoms with Crippen LogP contribution in [-0.4, -0.2) is 32.1 Å². The molecule has 1 fully saturated rings. The number of aryl methyl sites for hydroxylation is 1. The lowest BCUT2D eigenvalue weighted by Gasteiger charge is -2.11. The molecule has 3 heterocycles. The van der Waals surface area contributed by atoms with Crippen LogP contribution < -0.4 is 0 Å². The normalized spacial score (nSPS) is 17.0. The first kappa shape index (κ1) is 18.5. The highest BCUT2D eigenvalue weighted by molar-refractivity contribution is 8.18. The summed E-state index contributed by atoms with van der Waals surface area (Å²) >= 11 is 2.83. The molecule has 1 amide bonds. The molecule has 1 aliphatic rings. The van der Waals surface area contributed by atoms with Gasteiger partial charge < -0.3 is 4.57 Å². The van der Waals surface area contributed by atoms with Crippen molar-refractivity contribution >= 4 is 45.4 Å². The highest BCUT2D eigenvalue weighted by Crippen LogP contribution is 2.35. The molecule has 7 heteroatoms. The van der Waals surface area contributed by atoms with Crippen LogP contribution in [-0.2, 0) is 11.8 Å². The van der Waals surface area contributed by atoms with Crippen molar-refractivity contribution in [3.05, 3.63) is 77.3 Å². The van der Waals surface area contributed by atoms with Gasteiger partial charge in [-0.1, -0.05) is 36.4 Å². The van der Waals surface area contributed by atoms with E-state index in [-0.39, 0.29) is 5.91 Å². The summed E-state index contributed by atoms with van der Waals surface area (Å²) in [6.45, 7) is 4.17. The minimum Gasteiger partial charge on any atom is -0.351 e. The second-order valence-electron chi connectivity index (χ2n) is 6.13. The number of aliphatic imine (C=N–C) groups is 1. The van der Waals surface area contributed by atoms with Crippen molar-refractivity contribution in [3.63, 3.8) is 0 Å². The SMILES string of the molecule is C=CCN1C(=O)/C(=C\c2cccn2C)S/C1=N/c1nc(-c2ccccc2)cs1. The van der Waals surface area contributed by atoms with E-state index in [4.69, 9.17) is 0 Å². The van der Waals surface area contributed by atoms with Crippen LogP contribution in [0.15, 0.2) is 76.6 Å². The maximum Gasteiger partial charge on any atom is 0.267 e. The molecule has 140 valence electrons. The number of amides is 1. The molecule has 5 nitrogen and oxygen atoms in total. The van der Waals surface area contributed by atoms with E-state index in [0.717, 1.165) is 17.0 Å². The lowest BCUT2D eigenvalue weighted by Crippen LogP contribution is -2.29. The molecule has 28 heavy (non-hydrogen) atoms. The fourth-order valence-corrected chi connectivity index (χ4v) is 4.51. The fourth-order valence-electron chi connectivity index (χ4n) is 2.78. The molecule has 2 aromatic heterocycles. The smallest absolute Gasteiger partial charge is 0.267 e. The number of hydrogen-bond donors (Lipinski definition) is 0. The van der Waals surface area contributed by atoms with Crippen molar-refractivity contribution in [2.75, 3.05) is 6.54 Å². The summed E-state index contributed by atoms with van der Waals surface area (Å²) in [5, 5.41) is 3.23. The van der Waals surface area contributed by atoms with E-state index in [1.165, 1.54) is 23.1 Å². The Morgan fingerprint density at radius 1 is 1.21 bits per heavy atom. The van der Waals surface area contributed by atoms with Crippen molar-refractivity contribution in [1.82, 2.24) is 14.5 Å². The topological polar surface area (TPSA) is 50.5 Å². The Balaban J connectivity index is 1.65. The quantitative estimate of drug-likeness (QED) is 0.445. The molecule has 3 aromatic rings. The van der Waals surface area contributed by atoms with Crippen molar-refractivity contribution in [2.45, 2.75) is 0 Å². The van der Waals surface area contributed by atoms with Gasteiger partial charge in [0.2, 0.25) is 5.13 Å². The maximum absolute atomic E-state index is 12.8. The fraction of sp³-hybridized carbons (Fsp3) is 0.0952. The predicted molar refractivity (Wildman–Crippen MR) is 118 cm³/mol. The van der Waals surface area contributed by atoms with Gasteiger partial charge in [-0.05, 0) is 30.0 Å². The third-order valence-corrected chi connectivity index (χ3v) is 5.96. The first-order chi connectivity index (χ1) is 13.7. The molecule has 0 saturated carbocycles. The Labute approximate surface area is 171 Å². The van der Waals surface area contributed by atoms with Crippen LogP contribution in [0.1, 0.15) is 5.69 Å². The molecule has 0 aliphatic carbocycles. The van der Waals surface area contributed by atoms with Crippen LogP contribution in [0, 0.1) is 0 Å². The summed E-state index contributed by atoms with van der Waals surface area (Å²) in [6, 6.07) is 13.9. The lowest BCUT2D eigenvalue weighted by molar-refractivity contribution is -0.121. The van der Waals surface area contributed by atoms with Gasteiger partial charge in [-0.2, -0.15) is 4.99 Å². The van der Waals surface area contributed by atoms with Gasteiger partial charge in [0.25, 0.3) is 5.91 Å². The first-order valence-corrected chi connectivity index (χ1v) is 10.4. The number of carbonyl (C=O) groups excluding carboxylic acids is 1. The Hall–Kier alpha value is -2.90. The van der Waals surface area contributed by atoms with Crippen LogP contribution in [0.25, 0.3) is 17.3 Å². The van der Waals surface area contributed by atoms with Crippen LogP contribution >= 0.6 is 23.1 Å². The second kappa shape index (κ2) is 8.00. The lowest BCUT2D eigenvalue weighted by atomic mass is 10.2. The largest absolute Gasteiger partial charge is 0.351 e. The first-order valence-electron chi connectivity index (χ1n) is 8.69. The van der Waals surface area contributed by atoms with Crippen molar-refractivity contribution in [1.29, 1.82) is 0 Å². The zero-order valence-corrected chi connectivity index (χ0v) is 16.9. The molecular formula is C21H18N4OS2. The molecule has 4 rings (SSSR count). The molecule has 1 aliphatic heterocycles. The van der Waals surface area contributed by atoms with E-state index < -0.39 is 0 Å². The highest BCUT2D eigenvalue weighted by atomic mass is 32.2. The van der Waals surface area contributed by atoms with E-state index in [0.29, 0.717) is 21.7 Å². The Morgan fingerprint density at radius 2 is 2.04 bits per heavy atom. The molecule has 1 aromatic carbocycles. The minimum absolute atomic E-state index is 0.0651. The van der Waals surface area contributed by atoms with Gasteiger partial charge in [0.1, 0.15) is 0 Å². The van der Waals surface area contributed by atoms with Gasteiger partial charge in [-0.3, -0.25) is 9.69 Å². The number of nitrogens with zero attached hydrogens (tertiary/aromatic N) is 4. The van der Waals surface area contributed by atoms with Crippen LogP contribution in [0.3, 0.4) is 0 Å². The summed E-state index contributed by atoms with van der Waals surface area (Å²) < 4.78 is 1.97. The summed E-state index contributed by atoms with van der Waals surface area (Å²) in [5.41, 5.74) is 2.90. The molecule has 0 N–H and O–H groups in total. The molecular weight excluding hydrogens is 388 g/mol. The summed E-state index contributed by atoms with van der Waals surface area (Å²) in [6.07, 6.45) is 5.55. The third-order valence-electron chi connectivity index (χ3n) is 4.22. The van der Waals surface area contributed by atoms with Crippen molar-refractivity contribution in [2.24, 2.45) is 12.0 Å². The molecule has 0 atom stereocenters. The third kappa shape index (κ3) is 3.72.